The second-order valence-corrected chi connectivity index (χ2v) is 11.3. The van der Waals surface area contributed by atoms with Gasteiger partial charge in [-0.3, -0.25) is 9.59 Å². The van der Waals surface area contributed by atoms with Gasteiger partial charge in [-0.2, -0.15) is 0 Å². The van der Waals surface area contributed by atoms with Gasteiger partial charge >= 0.3 is 0 Å². The first-order valence-electron chi connectivity index (χ1n) is 12.3. The van der Waals surface area contributed by atoms with Gasteiger partial charge in [0.2, 0.25) is 0 Å². The predicted molar refractivity (Wildman–Crippen MR) is 150 cm³/mol. The monoisotopic (exact) mass is 478 g/mol. The first-order chi connectivity index (χ1) is 16.9. The maximum Gasteiger partial charge on any atom is 0.255 e. The fourth-order valence-corrected chi connectivity index (χ4v) is 4.16. The van der Waals surface area contributed by atoms with Gasteiger partial charge in [-0.05, 0) is 58.4 Å². The van der Waals surface area contributed by atoms with Crippen molar-refractivity contribution < 1.29 is 9.59 Å². The number of nitrogens with one attached hydrogen (secondary N) is 2. The SMILES string of the molecule is CC(C)(C)c1ccc(C(=O)Nc2cccc3c(NC(=O)c4ccc(C(C)(C)C)cc4)cccc23)cc1. The zero-order valence-electron chi connectivity index (χ0n) is 21.9. The number of benzene rings is 4. The summed E-state index contributed by atoms with van der Waals surface area (Å²) < 4.78 is 0. The smallest absolute Gasteiger partial charge is 0.255 e. The van der Waals surface area contributed by atoms with E-state index >= 15 is 0 Å². The molecule has 0 radical (unpaired) electrons. The summed E-state index contributed by atoms with van der Waals surface area (Å²) in [7, 11) is 0. The Morgan fingerprint density at radius 1 is 0.500 bits per heavy atom. The molecule has 0 heterocycles. The van der Waals surface area contributed by atoms with Crippen molar-refractivity contribution in [3.63, 3.8) is 0 Å². The summed E-state index contributed by atoms with van der Waals surface area (Å²) in [4.78, 5) is 26.0. The molecule has 0 saturated heterocycles. The summed E-state index contributed by atoms with van der Waals surface area (Å²) in [5.41, 5.74) is 5.01. The summed E-state index contributed by atoms with van der Waals surface area (Å²) in [5.74, 6) is -0.340. The molecular formula is C32H34N2O2. The molecule has 0 atom stereocenters. The van der Waals surface area contributed by atoms with Crippen LogP contribution in [0.15, 0.2) is 84.9 Å². The molecule has 4 aromatic carbocycles. The van der Waals surface area contributed by atoms with E-state index in [4.69, 9.17) is 0 Å². The molecule has 0 fully saturated rings. The van der Waals surface area contributed by atoms with Crippen LogP contribution in [0.25, 0.3) is 10.8 Å². The van der Waals surface area contributed by atoms with Crippen molar-refractivity contribution in [1.82, 2.24) is 0 Å². The van der Waals surface area contributed by atoms with E-state index in [2.05, 4.69) is 52.2 Å². The second-order valence-electron chi connectivity index (χ2n) is 11.3. The summed E-state index contributed by atoms with van der Waals surface area (Å²) >= 11 is 0. The van der Waals surface area contributed by atoms with Gasteiger partial charge in [-0.1, -0.05) is 90.1 Å². The zero-order valence-corrected chi connectivity index (χ0v) is 21.9. The number of carbonyl (C=O) groups is 2. The van der Waals surface area contributed by atoms with Crippen LogP contribution in [0.4, 0.5) is 11.4 Å². The molecule has 0 saturated carbocycles. The third kappa shape index (κ3) is 5.49. The summed E-state index contributed by atoms with van der Waals surface area (Å²) in [6.07, 6.45) is 0. The van der Waals surface area contributed by atoms with Gasteiger partial charge in [0.05, 0.1) is 0 Å². The average molecular weight is 479 g/mol. The number of carbonyl (C=O) groups excluding carboxylic acids is 2. The molecule has 0 unspecified atom stereocenters. The van der Waals surface area contributed by atoms with Gasteiger partial charge in [-0.15, -0.1) is 0 Å². The molecular weight excluding hydrogens is 444 g/mol. The molecule has 4 nitrogen and oxygen atoms in total. The number of anilines is 2. The van der Waals surface area contributed by atoms with Crippen molar-refractivity contribution >= 4 is 34.0 Å². The minimum Gasteiger partial charge on any atom is -0.321 e. The minimum absolute atomic E-state index is 0.0279. The molecule has 4 heteroatoms. The first kappa shape index (κ1) is 25.2. The third-order valence-corrected chi connectivity index (χ3v) is 6.44. The van der Waals surface area contributed by atoms with Crippen molar-refractivity contribution in [2.75, 3.05) is 10.6 Å². The van der Waals surface area contributed by atoms with Gasteiger partial charge in [0.25, 0.3) is 11.8 Å². The maximum absolute atomic E-state index is 13.0. The van der Waals surface area contributed by atoms with E-state index in [1.165, 1.54) is 11.1 Å². The van der Waals surface area contributed by atoms with Crippen molar-refractivity contribution in [2.45, 2.75) is 52.4 Å². The maximum atomic E-state index is 13.0. The van der Waals surface area contributed by atoms with E-state index in [1.54, 1.807) is 0 Å². The third-order valence-electron chi connectivity index (χ3n) is 6.44. The Morgan fingerprint density at radius 2 is 0.833 bits per heavy atom. The largest absolute Gasteiger partial charge is 0.321 e. The van der Waals surface area contributed by atoms with Crippen molar-refractivity contribution in [3.8, 4) is 0 Å². The molecule has 4 rings (SSSR count). The van der Waals surface area contributed by atoms with Crippen LogP contribution in [0.2, 0.25) is 0 Å². The molecule has 184 valence electrons. The molecule has 36 heavy (non-hydrogen) atoms. The normalized spacial score (nSPS) is 11.8. The van der Waals surface area contributed by atoms with Crippen LogP contribution >= 0.6 is 0 Å². The van der Waals surface area contributed by atoms with E-state index in [0.717, 1.165) is 10.8 Å². The molecule has 2 amide bonds. The molecule has 2 N–H and O–H groups in total. The highest BCUT2D eigenvalue weighted by atomic mass is 16.2. The van der Waals surface area contributed by atoms with E-state index in [-0.39, 0.29) is 22.6 Å². The van der Waals surface area contributed by atoms with Crippen LogP contribution < -0.4 is 10.6 Å². The molecule has 0 bridgehead atoms. The van der Waals surface area contributed by atoms with Crippen LogP contribution in [0.3, 0.4) is 0 Å². The standard InChI is InChI=1S/C32H34N2O2/c1-31(2,3)23-17-13-21(14-18-23)29(35)33-27-11-7-10-26-25(27)9-8-12-28(26)34-30(36)22-15-19-24(20-16-22)32(4,5)6/h7-20H,1-6H3,(H,33,35)(H,34,36). The van der Waals surface area contributed by atoms with E-state index in [1.807, 2.05) is 84.9 Å². The Balaban J connectivity index is 1.56. The lowest BCUT2D eigenvalue weighted by Crippen LogP contribution is -2.15. The number of amides is 2. The highest BCUT2D eigenvalue weighted by Gasteiger charge is 2.17. The molecule has 0 spiro atoms. The number of hydrogen-bond donors (Lipinski definition) is 2. The van der Waals surface area contributed by atoms with Gasteiger partial charge < -0.3 is 10.6 Å². The lowest BCUT2D eigenvalue weighted by Gasteiger charge is -2.19. The van der Waals surface area contributed by atoms with Gasteiger partial charge in [-0.25, -0.2) is 0 Å². The zero-order chi connectivity index (χ0) is 26.1. The van der Waals surface area contributed by atoms with Crippen LogP contribution in [0.5, 0.6) is 0 Å². The highest BCUT2D eigenvalue weighted by Crippen LogP contribution is 2.30. The lowest BCUT2D eigenvalue weighted by molar-refractivity contribution is 0.101. The fraction of sp³-hybridized carbons (Fsp3) is 0.250. The highest BCUT2D eigenvalue weighted by molar-refractivity contribution is 6.14. The van der Waals surface area contributed by atoms with Crippen LogP contribution in [0, 0.1) is 0 Å². The Kier molecular flexibility index (Phi) is 6.73. The second kappa shape index (κ2) is 9.62. The van der Waals surface area contributed by atoms with Crippen LogP contribution in [-0.2, 0) is 10.8 Å². The lowest BCUT2D eigenvalue weighted by atomic mass is 9.86. The van der Waals surface area contributed by atoms with Gasteiger partial charge in [0.15, 0.2) is 0 Å². The average Bonchev–Trinajstić information content (AvgIpc) is 2.83. The van der Waals surface area contributed by atoms with Gasteiger partial charge in [0, 0.05) is 33.3 Å². The van der Waals surface area contributed by atoms with E-state index < -0.39 is 0 Å². The van der Waals surface area contributed by atoms with E-state index in [0.29, 0.717) is 22.5 Å². The van der Waals surface area contributed by atoms with Crippen molar-refractivity contribution in [2.24, 2.45) is 0 Å². The number of rotatable bonds is 4. The summed E-state index contributed by atoms with van der Waals surface area (Å²) in [6.45, 7) is 12.9. The molecule has 0 aromatic heterocycles. The summed E-state index contributed by atoms with van der Waals surface area (Å²) in [5, 5.41) is 7.80. The van der Waals surface area contributed by atoms with E-state index in [9.17, 15) is 9.59 Å². The Bertz CT molecular complexity index is 1290. The fourth-order valence-electron chi connectivity index (χ4n) is 4.16. The molecule has 0 aliphatic rings. The van der Waals surface area contributed by atoms with Crippen LogP contribution in [0.1, 0.15) is 73.4 Å². The summed E-state index contributed by atoms with van der Waals surface area (Å²) in [6, 6.07) is 26.8. The Labute approximate surface area is 213 Å². The number of fused-ring (bicyclic) bond motifs is 1. The predicted octanol–water partition coefficient (Wildman–Crippen LogP) is 7.94. The number of hydrogen-bond acceptors (Lipinski definition) is 2. The van der Waals surface area contributed by atoms with Crippen molar-refractivity contribution in [3.05, 3.63) is 107 Å². The Hall–Kier alpha value is -3.92. The molecule has 4 aromatic rings. The van der Waals surface area contributed by atoms with Gasteiger partial charge in [0.1, 0.15) is 0 Å². The topological polar surface area (TPSA) is 58.2 Å². The molecule has 0 aliphatic carbocycles. The van der Waals surface area contributed by atoms with Crippen molar-refractivity contribution in [1.29, 1.82) is 0 Å². The quantitative estimate of drug-likeness (QED) is 0.313. The molecule has 0 aliphatic heterocycles. The minimum atomic E-state index is -0.170. The first-order valence-corrected chi connectivity index (χ1v) is 12.3. The van der Waals surface area contributed by atoms with Crippen LogP contribution in [-0.4, -0.2) is 11.8 Å². The Morgan fingerprint density at radius 3 is 1.14 bits per heavy atom.